The Balaban J connectivity index is 2.13. The van der Waals surface area contributed by atoms with Gasteiger partial charge in [0.1, 0.15) is 10.4 Å². The van der Waals surface area contributed by atoms with E-state index in [1.54, 1.807) is 0 Å². The number of rotatable bonds is 2. The zero-order valence-electron chi connectivity index (χ0n) is 8.62. The summed E-state index contributed by atoms with van der Waals surface area (Å²) in [4.78, 5) is 12.6. The largest absolute Gasteiger partial charge is 0.333 e. The molecule has 1 saturated carbocycles. The van der Waals surface area contributed by atoms with Crippen molar-refractivity contribution in [3.8, 4) is 6.07 Å². The third-order valence-corrected chi connectivity index (χ3v) is 4.68. The average molecular weight is 299 g/mol. The lowest BCUT2D eigenvalue weighted by atomic mass is 10.00. The Hall–Kier alpha value is -0.860. The molecule has 1 aliphatic rings. The number of halogens is 1. The zero-order chi connectivity index (χ0) is 11.6. The van der Waals surface area contributed by atoms with Gasteiger partial charge in [0.2, 0.25) is 0 Å². The van der Waals surface area contributed by atoms with Gasteiger partial charge < -0.3 is 5.32 Å². The monoisotopic (exact) mass is 298 g/mol. The number of amides is 1. The summed E-state index contributed by atoms with van der Waals surface area (Å²) in [6, 6.07) is 4.09. The highest BCUT2D eigenvalue weighted by Gasteiger charge is 2.36. The van der Waals surface area contributed by atoms with Crippen molar-refractivity contribution >= 4 is 33.2 Å². The van der Waals surface area contributed by atoms with Crippen LogP contribution in [0.5, 0.6) is 0 Å². The fourth-order valence-corrected chi connectivity index (χ4v) is 3.42. The average Bonchev–Trinajstić information content (AvgIpc) is 2.87. The van der Waals surface area contributed by atoms with Crippen LogP contribution in [0.15, 0.2) is 15.9 Å². The van der Waals surface area contributed by atoms with Crippen LogP contribution in [0.3, 0.4) is 0 Å². The van der Waals surface area contributed by atoms with Crippen LogP contribution in [0.4, 0.5) is 0 Å². The van der Waals surface area contributed by atoms with Gasteiger partial charge in [-0.05, 0) is 53.1 Å². The predicted molar refractivity (Wildman–Crippen MR) is 66.3 cm³/mol. The molecule has 0 unspecified atom stereocenters. The van der Waals surface area contributed by atoms with Gasteiger partial charge in [-0.3, -0.25) is 4.79 Å². The summed E-state index contributed by atoms with van der Waals surface area (Å²) >= 11 is 4.70. The third-order valence-electron chi connectivity index (χ3n) is 2.85. The van der Waals surface area contributed by atoms with Gasteiger partial charge in [0.15, 0.2) is 0 Å². The fraction of sp³-hybridized carbons (Fsp3) is 0.455. The first kappa shape index (κ1) is 11.6. The first-order valence-electron chi connectivity index (χ1n) is 5.14. The standard InChI is InChI=1S/C11H11BrN2OS/c12-8-3-6-16-9(8)10(15)14-11(7-13)4-1-2-5-11/h3,6H,1-2,4-5H2,(H,14,15). The topological polar surface area (TPSA) is 52.9 Å². The van der Waals surface area contributed by atoms with E-state index in [2.05, 4.69) is 27.3 Å². The number of carbonyl (C=O) groups excluding carboxylic acids is 1. The summed E-state index contributed by atoms with van der Waals surface area (Å²) in [6.45, 7) is 0. The Bertz CT molecular complexity index is 443. The summed E-state index contributed by atoms with van der Waals surface area (Å²) in [6.07, 6.45) is 3.55. The molecule has 0 atom stereocenters. The minimum Gasteiger partial charge on any atom is -0.333 e. The summed E-state index contributed by atoms with van der Waals surface area (Å²) in [7, 11) is 0. The van der Waals surface area contributed by atoms with Gasteiger partial charge in [-0.25, -0.2) is 0 Å². The van der Waals surface area contributed by atoms with E-state index in [1.165, 1.54) is 11.3 Å². The van der Waals surface area contributed by atoms with Gasteiger partial charge in [0, 0.05) is 4.47 Å². The van der Waals surface area contributed by atoms with Crippen molar-refractivity contribution < 1.29 is 4.79 Å². The third kappa shape index (κ3) is 2.13. The second-order valence-corrected chi connectivity index (χ2v) is 5.72. The Morgan fingerprint density at radius 2 is 2.25 bits per heavy atom. The van der Waals surface area contributed by atoms with Crippen molar-refractivity contribution in [1.82, 2.24) is 5.32 Å². The van der Waals surface area contributed by atoms with Crippen molar-refractivity contribution in [1.29, 1.82) is 5.26 Å². The minimum absolute atomic E-state index is 0.148. The minimum atomic E-state index is -0.638. The molecule has 1 N–H and O–H groups in total. The van der Waals surface area contributed by atoms with Crippen molar-refractivity contribution in [2.24, 2.45) is 0 Å². The molecule has 0 saturated heterocycles. The molecule has 0 bridgehead atoms. The summed E-state index contributed by atoms with van der Waals surface area (Å²) in [5, 5.41) is 13.9. The van der Waals surface area contributed by atoms with Crippen LogP contribution in [-0.4, -0.2) is 11.4 Å². The molecule has 5 heteroatoms. The lowest BCUT2D eigenvalue weighted by molar-refractivity contribution is 0.0924. The quantitative estimate of drug-likeness (QED) is 0.912. The first-order valence-corrected chi connectivity index (χ1v) is 6.81. The molecule has 84 valence electrons. The van der Waals surface area contributed by atoms with E-state index in [-0.39, 0.29) is 5.91 Å². The van der Waals surface area contributed by atoms with E-state index in [1.807, 2.05) is 11.4 Å². The molecule has 2 rings (SSSR count). The van der Waals surface area contributed by atoms with Crippen LogP contribution in [-0.2, 0) is 0 Å². The van der Waals surface area contributed by atoms with E-state index < -0.39 is 5.54 Å². The maximum absolute atomic E-state index is 12.0. The van der Waals surface area contributed by atoms with Crippen molar-refractivity contribution in [2.45, 2.75) is 31.2 Å². The maximum Gasteiger partial charge on any atom is 0.263 e. The normalized spacial score (nSPS) is 18.0. The van der Waals surface area contributed by atoms with Crippen molar-refractivity contribution in [2.75, 3.05) is 0 Å². The number of nitriles is 1. The van der Waals surface area contributed by atoms with Gasteiger partial charge in [-0.2, -0.15) is 5.26 Å². The van der Waals surface area contributed by atoms with Crippen LogP contribution >= 0.6 is 27.3 Å². The highest BCUT2D eigenvalue weighted by molar-refractivity contribution is 9.10. The predicted octanol–water partition coefficient (Wildman–Crippen LogP) is 3.08. The van der Waals surface area contributed by atoms with Crippen LogP contribution in [0.1, 0.15) is 35.4 Å². The molecule has 0 aliphatic heterocycles. The van der Waals surface area contributed by atoms with E-state index in [4.69, 9.17) is 5.26 Å². The summed E-state index contributed by atoms with van der Waals surface area (Å²) in [5.74, 6) is -0.148. The molecule has 1 fully saturated rings. The van der Waals surface area contributed by atoms with Gasteiger partial charge in [-0.1, -0.05) is 0 Å². The Labute approximate surface area is 107 Å². The first-order chi connectivity index (χ1) is 7.67. The zero-order valence-corrected chi connectivity index (χ0v) is 11.0. The lowest BCUT2D eigenvalue weighted by Crippen LogP contribution is -2.44. The number of hydrogen-bond donors (Lipinski definition) is 1. The Morgan fingerprint density at radius 3 is 2.75 bits per heavy atom. The smallest absolute Gasteiger partial charge is 0.263 e. The summed E-state index contributed by atoms with van der Waals surface area (Å²) in [5.41, 5.74) is -0.638. The number of hydrogen-bond acceptors (Lipinski definition) is 3. The van der Waals surface area contributed by atoms with Gasteiger partial charge in [0.25, 0.3) is 5.91 Å². The van der Waals surface area contributed by atoms with Gasteiger partial charge >= 0.3 is 0 Å². The molecule has 0 spiro atoms. The molecule has 1 heterocycles. The highest BCUT2D eigenvalue weighted by Crippen LogP contribution is 2.30. The molecule has 1 aliphatic carbocycles. The summed E-state index contributed by atoms with van der Waals surface area (Å²) < 4.78 is 0.793. The molecule has 3 nitrogen and oxygen atoms in total. The van der Waals surface area contributed by atoms with Gasteiger partial charge in [-0.15, -0.1) is 11.3 Å². The lowest BCUT2D eigenvalue weighted by Gasteiger charge is -2.21. The van der Waals surface area contributed by atoms with Crippen molar-refractivity contribution in [3.05, 3.63) is 20.8 Å². The van der Waals surface area contributed by atoms with E-state index in [0.717, 1.165) is 30.2 Å². The number of carbonyl (C=O) groups is 1. The van der Waals surface area contributed by atoms with Gasteiger partial charge in [0.05, 0.1) is 6.07 Å². The SMILES string of the molecule is N#CC1(NC(=O)c2sccc2Br)CCCC1. The Morgan fingerprint density at radius 1 is 1.56 bits per heavy atom. The second kappa shape index (κ2) is 4.56. The number of nitrogens with zero attached hydrogens (tertiary/aromatic N) is 1. The molecular weight excluding hydrogens is 288 g/mol. The molecule has 1 amide bonds. The van der Waals surface area contributed by atoms with Crippen LogP contribution in [0.25, 0.3) is 0 Å². The second-order valence-electron chi connectivity index (χ2n) is 3.95. The molecule has 0 radical (unpaired) electrons. The molecular formula is C11H11BrN2OS. The molecule has 0 aromatic carbocycles. The van der Waals surface area contributed by atoms with Crippen LogP contribution in [0, 0.1) is 11.3 Å². The van der Waals surface area contributed by atoms with E-state index in [0.29, 0.717) is 4.88 Å². The van der Waals surface area contributed by atoms with E-state index >= 15 is 0 Å². The number of nitrogens with one attached hydrogen (secondary N) is 1. The fourth-order valence-electron chi connectivity index (χ4n) is 1.97. The Kier molecular flexibility index (Phi) is 3.31. The van der Waals surface area contributed by atoms with Crippen molar-refractivity contribution in [3.63, 3.8) is 0 Å². The maximum atomic E-state index is 12.0. The molecule has 1 aromatic heterocycles. The molecule has 1 aromatic rings. The molecule has 16 heavy (non-hydrogen) atoms. The van der Waals surface area contributed by atoms with Crippen LogP contribution < -0.4 is 5.32 Å². The van der Waals surface area contributed by atoms with E-state index in [9.17, 15) is 4.79 Å². The number of thiophene rings is 1. The highest BCUT2D eigenvalue weighted by atomic mass is 79.9. The van der Waals surface area contributed by atoms with Crippen LogP contribution in [0.2, 0.25) is 0 Å².